The van der Waals surface area contributed by atoms with Crippen LogP contribution in [-0.4, -0.2) is 27.8 Å². The number of amides is 1. The number of hydrogen-bond donors (Lipinski definition) is 1. The van der Waals surface area contributed by atoms with Crippen LogP contribution in [0, 0.1) is 0 Å². The van der Waals surface area contributed by atoms with Gasteiger partial charge in [0.2, 0.25) is 0 Å². The summed E-state index contributed by atoms with van der Waals surface area (Å²) in [5.41, 5.74) is 0.249. The molecule has 0 atom stereocenters. The Labute approximate surface area is 237 Å². The number of alkyl carbamates (subject to hydrolysis) is 1. The molecule has 0 saturated heterocycles. The normalized spacial score (nSPS) is 11.7. The molecular weight excluding hydrogens is 486 g/mol. The summed E-state index contributed by atoms with van der Waals surface area (Å²) in [5.74, 6) is 0.852. The van der Waals surface area contributed by atoms with Crippen LogP contribution < -0.4 is 10.9 Å². The molecular formula is C33H55N3O3. The molecule has 2 aromatic rings. The Morgan fingerprint density at radius 3 is 1.92 bits per heavy atom. The highest BCUT2D eigenvalue weighted by atomic mass is 16.6. The Kier molecular flexibility index (Phi) is 15.9. The highest BCUT2D eigenvalue weighted by Gasteiger charge is 2.16. The first-order chi connectivity index (χ1) is 18.8. The van der Waals surface area contributed by atoms with E-state index < -0.39 is 11.7 Å². The average Bonchev–Trinajstić information content (AvgIpc) is 2.89. The molecule has 0 radical (unpaired) electrons. The van der Waals surface area contributed by atoms with Crippen LogP contribution >= 0.6 is 0 Å². The van der Waals surface area contributed by atoms with Crippen LogP contribution in [0.1, 0.15) is 136 Å². The molecule has 1 N–H and O–H groups in total. The first kappa shape index (κ1) is 32.8. The maximum Gasteiger partial charge on any atom is 0.407 e. The number of fused-ring (bicyclic) bond motifs is 1. The Morgan fingerprint density at radius 2 is 1.36 bits per heavy atom. The van der Waals surface area contributed by atoms with Crippen molar-refractivity contribution in [3.05, 3.63) is 40.4 Å². The van der Waals surface area contributed by atoms with Crippen molar-refractivity contribution in [2.24, 2.45) is 0 Å². The van der Waals surface area contributed by atoms with E-state index in [0.29, 0.717) is 24.9 Å². The number of carbonyl (C=O) groups is 1. The van der Waals surface area contributed by atoms with E-state index in [-0.39, 0.29) is 5.56 Å². The molecule has 1 amide bonds. The number of hydrogen-bond acceptors (Lipinski definition) is 4. The number of aromatic nitrogens is 2. The lowest BCUT2D eigenvalue weighted by Crippen LogP contribution is -2.34. The first-order valence-corrected chi connectivity index (χ1v) is 15.8. The third-order valence-electron chi connectivity index (χ3n) is 7.17. The van der Waals surface area contributed by atoms with E-state index in [1.165, 1.54) is 89.9 Å². The highest BCUT2D eigenvalue weighted by molar-refractivity contribution is 5.77. The van der Waals surface area contributed by atoms with Crippen LogP contribution in [0.25, 0.3) is 10.9 Å². The fourth-order valence-electron chi connectivity index (χ4n) is 5.03. The Hall–Kier alpha value is -2.37. The molecule has 1 aromatic carbocycles. The van der Waals surface area contributed by atoms with Gasteiger partial charge >= 0.3 is 6.09 Å². The topological polar surface area (TPSA) is 73.2 Å². The van der Waals surface area contributed by atoms with Crippen LogP contribution in [0.3, 0.4) is 0 Å². The summed E-state index contributed by atoms with van der Waals surface area (Å²) in [6.07, 6.45) is 21.0. The second-order valence-electron chi connectivity index (χ2n) is 12.0. The molecule has 39 heavy (non-hydrogen) atoms. The Bertz CT molecular complexity index is 1010. The van der Waals surface area contributed by atoms with Crippen molar-refractivity contribution in [3.8, 4) is 0 Å². The summed E-state index contributed by atoms with van der Waals surface area (Å²) in [4.78, 5) is 30.0. The van der Waals surface area contributed by atoms with Gasteiger partial charge in [-0.05, 0) is 45.7 Å². The lowest BCUT2D eigenvalue weighted by Gasteiger charge is -2.19. The SMILES string of the molecule is CCCCCCCCCCCCCCCCCc1nc2ccccc2c(=O)n1CCCNC(=O)OC(C)(C)C. The highest BCUT2D eigenvalue weighted by Crippen LogP contribution is 2.15. The van der Waals surface area contributed by atoms with E-state index in [9.17, 15) is 9.59 Å². The summed E-state index contributed by atoms with van der Waals surface area (Å²) in [6.45, 7) is 8.79. The third-order valence-corrected chi connectivity index (χ3v) is 7.17. The number of aryl methyl sites for hydroxylation is 1. The number of carbonyl (C=O) groups excluding carboxylic acids is 1. The van der Waals surface area contributed by atoms with E-state index in [1.54, 1.807) is 0 Å². The molecule has 0 bridgehead atoms. The van der Waals surface area contributed by atoms with Crippen molar-refractivity contribution in [3.63, 3.8) is 0 Å². The van der Waals surface area contributed by atoms with Crippen molar-refractivity contribution < 1.29 is 9.53 Å². The number of nitrogens with one attached hydrogen (secondary N) is 1. The smallest absolute Gasteiger partial charge is 0.407 e. The van der Waals surface area contributed by atoms with E-state index in [0.717, 1.165) is 24.2 Å². The molecule has 0 unspecified atom stereocenters. The third kappa shape index (κ3) is 14.0. The summed E-state index contributed by atoms with van der Waals surface area (Å²) >= 11 is 0. The molecule has 0 aliphatic carbocycles. The van der Waals surface area contributed by atoms with E-state index >= 15 is 0 Å². The maximum absolute atomic E-state index is 13.2. The molecule has 0 spiro atoms. The van der Waals surface area contributed by atoms with Crippen molar-refractivity contribution in [1.82, 2.24) is 14.9 Å². The second-order valence-corrected chi connectivity index (χ2v) is 12.0. The van der Waals surface area contributed by atoms with E-state index in [2.05, 4.69) is 12.2 Å². The van der Waals surface area contributed by atoms with E-state index in [4.69, 9.17) is 9.72 Å². The number of ether oxygens (including phenoxy) is 1. The van der Waals surface area contributed by atoms with Crippen LogP contribution in [0.5, 0.6) is 0 Å². The predicted octanol–water partition coefficient (Wildman–Crippen LogP) is 8.73. The van der Waals surface area contributed by atoms with Gasteiger partial charge in [-0.2, -0.15) is 0 Å². The zero-order chi connectivity index (χ0) is 28.3. The zero-order valence-electron chi connectivity index (χ0n) is 25.4. The van der Waals surface area contributed by atoms with Gasteiger partial charge in [-0.15, -0.1) is 0 Å². The van der Waals surface area contributed by atoms with Gasteiger partial charge in [0.1, 0.15) is 11.4 Å². The molecule has 0 aliphatic heterocycles. The predicted molar refractivity (Wildman–Crippen MR) is 163 cm³/mol. The Balaban J connectivity index is 1.70. The van der Waals surface area contributed by atoms with Gasteiger partial charge in [-0.3, -0.25) is 9.36 Å². The minimum Gasteiger partial charge on any atom is -0.444 e. The lowest BCUT2D eigenvalue weighted by molar-refractivity contribution is 0.0526. The van der Waals surface area contributed by atoms with Gasteiger partial charge < -0.3 is 10.1 Å². The lowest BCUT2D eigenvalue weighted by atomic mass is 10.0. The van der Waals surface area contributed by atoms with Crippen molar-refractivity contribution in [1.29, 1.82) is 0 Å². The fraction of sp³-hybridized carbons (Fsp3) is 0.727. The molecule has 0 saturated carbocycles. The molecule has 1 heterocycles. The maximum atomic E-state index is 13.2. The van der Waals surface area contributed by atoms with Crippen LogP contribution in [0.4, 0.5) is 4.79 Å². The minimum absolute atomic E-state index is 0.00817. The van der Waals surface area contributed by atoms with Crippen molar-refractivity contribution in [2.75, 3.05) is 6.54 Å². The number of nitrogens with zero attached hydrogens (tertiary/aromatic N) is 2. The van der Waals surface area contributed by atoms with Gasteiger partial charge in [-0.1, -0.05) is 109 Å². The first-order valence-electron chi connectivity index (χ1n) is 15.8. The number of rotatable bonds is 20. The molecule has 220 valence electrons. The monoisotopic (exact) mass is 541 g/mol. The molecule has 6 nitrogen and oxygen atoms in total. The van der Waals surface area contributed by atoms with E-state index in [1.807, 2.05) is 49.6 Å². The molecule has 0 aliphatic rings. The summed E-state index contributed by atoms with van der Waals surface area (Å²) in [6, 6.07) is 7.58. The quantitative estimate of drug-likeness (QED) is 0.170. The van der Waals surface area contributed by atoms with Crippen molar-refractivity contribution >= 4 is 17.0 Å². The molecule has 0 fully saturated rings. The van der Waals surface area contributed by atoms with Crippen molar-refractivity contribution in [2.45, 2.75) is 149 Å². The average molecular weight is 542 g/mol. The van der Waals surface area contributed by atoms with Crippen LogP contribution in [0.15, 0.2) is 29.1 Å². The summed E-state index contributed by atoms with van der Waals surface area (Å²) < 4.78 is 7.11. The minimum atomic E-state index is -0.524. The standard InChI is InChI=1S/C33H55N3O3/c1-5-6-7-8-9-10-11-12-13-14-15-16-17-18-19-25-30-35-29-24-21-20-23-28(29)31(37)36(30)27-22-26-34-32(38)39-33(2,3)4/h20-21,23-24H,5-19,22,25-27H2,1-4H3,(H,34,38). The van der Waals surface area contributed by atoms with Gasteiger partial charge in [0.15, 0.2) is 0 Å². The van der Waals surface area contributed by atoms with Gasteiger partial charge in [0.05, 0.1) is 10.9 Å². The Morgan fingerprint density at radius 1 is 0.821 bits per heavy atom. The number of benzene rings is 1. The van der Waals surface area contributed by atoms with Gasteiger partial charge in [0.25, 0.3) is 5.56 Å². The molecule has 6 heteroatoms. The fourth-order valence-corrected chi connectivity index (χ4v) is 5.03. The second kappa shape index (κ2) is 18.8. The summed E-state index contributed by atoms with van der Waals surface area (Å²) in [5, 5.41) is 3.44. The number of unbranched alkanes of at least 4 members (excludes halogenated alkanes) is 14. The largest absolute Gasteiger partial charge is 0.444 e. The summed E-state index contributed by atoms with van der Waals surface area (Å²) in [7, 11) is 0. The van der Waals surface area contributed by atoms with Crippen LogP contribution in [0.2, 0.25) is 0 Å². The van der Waals surface area contributed by atoms with Crippen LogP contribution in [-0.2, 0) is 17.7 Å². The number of para-hydroxylation sites is 1. The van der Waals surface area contributed by atoms with Gasteiger partial charge in [-0.25, -0.2) is 9.78 Å². The molecule has 1 aromatic heterocycles. The zero-order valence-corrected chi connectivity index (χ0v) is 25.4. The van der Waals surface area contributed by atoms with Gasteiger partial charge in [0, 0.05) is 19.5 Å². The molecule has 2 rings (SSSR count).